The Morgan fingerprint density at radius 3 is 2.24 bits per heavy atom. The summed E-state index contributed by atoms with van der Waals surface area (Å²) in [5.74, 6) is -0.552. The highest BCUT2D eigenvalue weighted by molar-refractivity contribution is 6.26. The molecule has 2 heterocycles. The van der Waals surface area contributed by atoms with Crippen molar-refractivity contribution in [2.45, 2.75) is 12.1 Å². The number of ether oxygens (including phenoxy) is 1. The fraction of sp³-hybridized carbons (Fsp3) is 0.143. The van der Waals surface area contributed by atoms with Crippen LogP contribution < -0.4 is 14.7 Å². The number of hydrogen-bond donors (Lipinski definition) is 0. The molecule has 6 heteroatoms. The van der Waals surface area contributed by atoms with Crippen LogP contribution in [0.25, 0.3) is 10.8 Å². The van der Waals surface area contributed by atoms with E-state index in [1.807, 2.05) is 97.1 Å². The maximum Gasteiger partial charge on any atom is 0.266 e. The van der Waals surface area contributed by atoms with E-state index in [0.717, 1.165) is 22.0 Å². The Labute approximate surface area is 196 Å². The van der Waals surface area contributed by atoms with Gasteiger partial charge in [-0.25, -0.2) is 9.96 Å². The normalized spacial score (nSPS) is 21.9. The van der Waals surface area contributed by atoms with Crippen LogP contribution in [0, 0.1) is 5.92 Å². The highest BCUT2D eigenvalue weighted by atomic mass is 16.7. The van der Waals surface area contributed by atoms with E-state index in [2.05, 4.69) is 0 Å². The first-order chi connectivity index (χ1) is 16.7. The number of fused-ring (bicyclic) bond motifs is 2. The molecule has 6 nitrogen and oxygen atoms in total. The van der Waals surface area contributed by atoms with Crippen molar-refractivity contribution in [3.8, 4) is 5.75 Å². The molecule has 0 bridgehead atoms. The lowest BCUT2D eigenvalue weighted by Gasteiger charge is -2.29. The third-order valence-electron chi connectivity index (χ3n) is 6.59. The van der Waals surface area contributed by atoms with Gasteiger partial charge in [0.05, 0.1) is 24.5 Å². The van der Waals surface area contributed by atoms with Gasteiger partial charge >= 0.3 is 0 Å². The van der Waals surface area contributed by atoms with Crippen LogP contribution in [0.4, 0.5) is 11.4 Å². The molecule has 6 rings (SSSR count). The van der Waals surface area contributed by atoms with E-state index < -0.39 is 18.1 Å². The minimum absolute atomic E-state index is 0.254. The molecular weight excluding hydrogens is 428 g/mol. The zero-order valence-electron chi connectivity index (χ0n) is 18.5. The number of methoxy groups -OCH3 is 1. The molecule has 0 aromatic heterocycles. The number of imide groups is 1. The van der Waals surface area contributed by atoms with Gasteiger partial charge in [-0.15, -0.1) is 0 Å². The van der Waals surface area contributed by atoms with E-state index >= 15 is 0 Å². The van der Waals surface area contributed by atoms with Gasteiger partial charge in [0.25, 0.3) is 5.91 Å². The highest BCUT2D eigenvalue weighted by Gasteiger charge is 2.60. The molecule has 2 aliphatic rings. The molecule has 2 fully saturated rings. The highest BCUT2D eigenvalue weighted by Crippen LogP contribution is 2.48. The smallest absolute Gasteiger partial charge is 0.266 e. The minimum Gasteiger partial charge on any atom is -0.497 e. The van der Waals surface area contributed by atoms with Crippen molar-refractivity contribution in [3.63, 3.8) is 0 Å². The van der Waals surface area contributed by atoms with Gasteiger partial charge in [0.2, 0.25) is 5.91 Å². The third-order valence-corrected chi connectivity index (χ3v) is 6.59. The van der Waals surface area contributed by atoms with Crippen molar-refractivity contribution in [3.05, 3.63) is 103 Å². The number of hydroxylamine groups is 1. The summed E-state index contributed by atoms with van der Waals surface area (Å²) in [6.45, 7) is 0. The first kappa shape index (κ1) is 20.4. The van der Waals surface area contributed by atoms with Crippen LogP contribution in [0.2, 0.25) is 0 Å². The Balaban J connectivity index is 1.44. The summed E-state index contributed by atoms with van der Waals surface area (Å²) in [5, 5.41) is 3.52. The van der Waals surface area contributed by atoms with Crippen molar-refractivity contribution >= 4 is 34.0 Å². The van der Waals surface area contributed by atoms with Crippen LogP contribution >= 0.6 is 0 Å². The Morgan fingerprint density at radius 2 is 1.47 bits per heavy atom. The summed E-state index contributed by atoms with van der Waals surface area (Å²) < 4.78 is 5.28. The largest absolute Gasteiger partial charge is 0.497 e. The quantitative estimate of drug-likeness (QED) is 0.414. The van der Waals surface area contributed by atoms with Crippen LogP contribution in [0.1, 0.15) is 11.6 Å². The van der Waals surface area contributed by atoms with Crippen LogP contribution in [0.3, 0.4) is 0 Å². The summed E-state index contributed by atoms with van der Waals surface area (Å²) in [6, 6.07) is 30.1. The first-order valence-electron chi connectivity index (χ1n) is 11.2. The maximum atomic E-state index is 13.9. The Kier molecular flexibility index (Phi) is 4.81. The van der Waals surface area contributed by atoms with Gasteiger partial charge in [-0.3, -0.25) is 14.4 Å². The van der Waals surface area contributed by atoms with E-state index in [1.54, 1.807) is 12.2 Å². The van der Waals surface area contributed by atoms with Crippen molar-refractivity contribution in [1.82, 2.24) is 0 Å². The third kappa shape index (κ3) is 3.07. The van der Waals surface area contributed by atoms with Gasteiger partial charge in [-0.05, 0) is 41.3 Å². The van der Waals surface area contributed by atoms with Crippen LogP contribution in [0.5, 0.6) is 5.75 Å². The number of rotatable bonds is 4. The second-order valence-corrected chi connectivity index (χ2v) is 8.44. The zero-order valence-corrected chi connectivity index (χ0v) is 18.5. The molecule has 2 saturated heterocycles. The van der Waals surface area contributed by atoms with Crippen molar-refractivity contribution in [1.29, 1.82) is 0 Å². The van der Waals surface area contributed by atoms with E-state index in [9.17, 15) is 9.59 Å². The zero-order chi connectivity index (χ0) is 23.2. The average molecular weight is 450 g/mol. The monoisotopic (exact) mass is 450 g/mol. The predicted octanol–water partition coefficient (Wildman–Crippen LogP) is 4.90. The lowest BCUT2D eigenvalue weighted by Crippen LogP contribution is -2.37. The molecule has 0 spiro atoms. The van der Waals surface area contributed by atoms with Crippen molar-refractivity contribution < 1.29 is 19.2 Å². The molecule has 34 heavy (non-hydrogen) atoms. The molecule has 0 aliphatic carbocycles. The number of nitrogens with zero attached hydrogens (tertiary/aromatic N) is 2. The van der Waals surface area contributed by atoms with Crippen LogP contribution in [0.15, 0.2) is 97.1 Å². The van der Waals surface area contributed by atoms with Gasteiger partial charge in [0, 0.05) is 5.39 Å². The molecule has 4 aromatic carbocycles. The summed E-state index contributed by atoms with van der Waals surface area (Å²) in [6.07, 6.45) is -0.904. The Bertz CT molecular complexity index is 1380. The van der Waals surface area contributed by atoms with Gasteiger partial charge < -0.3 is 4.74 Å². The van der Waals surface area contributed by atoms with Gasteiger partial charge in [-0.2, -0.15) is 0 Å². The molecule has 0 radical (unpaired) electrons. The maximum absolute atomic E-state index is 13.9. The fourth-order valence-electron chi connectivity index (χ4n) is 5.00. The topological polar surface area (TPSA) is 59.1 Å². The minimum atomic E-state index is -0.904. The number of hydrogen-bond acceptors (Lipinski definition) is 5. The van der Waals surface area contributed by atoms with Crippen LogP contribution in [-0.4, -0.2) is 25.0 Å². The molecule has 3 atom stereocenters. The molecule has 4 aromatic rings. The number of carbonyl (C=O) groups excluding carboxylic acids is 2. The summed E-state index contributed by atoms with van der Waals surface area (Å²) in [5.41, 5.74) is 2.25. The average Bonchev–Trinajstić information content (AvgIpc) is 3.40. The van der Waals surface area contributed by atoms with Gasteiger partial charge in [-0.1, -0.05) is 66.7 Å². The lowest BCUT2D eigenvalue weighted by molar-refractivity contribution is -0.126. The molecular formula is C28H22N2O4. The number of anilines is 2. The fourth-order valence-corrected chi connectivity index (χ4v) is 5.00. The number of carbonyl (C=O) groups is 2. The van der Waals surface area contributed by atoms with E-state index in [4.69, 9.17) is 9.57 Å². The Morgan fingerprint density at radius 1 is 0.765 bits per heavy atom. The van der Waals surface area contributed by atoms with E-state index in [-0.39, 0.29) is 11.8 Å². The van der Waals surface area contributed by atoms with Gasteiger partial charge in [0.15, 0.2) is 6.10 Å². The van der Waals surface area contributed by atoms with Crippen molar-refractivity contribution in [2.75, 3.05) is 17.1 Å². The predicted molar refractivity (Wildman–Crippen MR) is 129 cm³/mol. The SMILES string of the molecule is COc1ccc(N2O[C@H]3C(=O)N(c4cccc5ccccc45)C(=O)[C@@H]3[C@@H]2c2ccccc2)cc1. The summed E-state index contributed by atoms with van der Waals surface area (Å²) >= 11 is 0. The molecule has 0 saturated carbocycles. The molecule has 2 aliphatic heterocycles. The molecule has 0 N–H and O–H groups in total. The van der Waals surface area contributed by atoms with E-state index in [1.165, 1.54) is 4.90 Å². The molecule has 0 unspecified atom stereocenters. The van der Waals surface area contributed by atoms with Crippen molar-refractivity contribution in [2.24, 2.45) is 5.92 Å². The second-order valence-electron chi connectivity index (χ2n) is 8.44. The lowest BCUT2D eigenvalue weighted by atomic mass is 9.90. The molecule has 168 valence electrons. The molecule has 2 amide bonds. The Hall–Kier alpha value is -4.16. The first-order valence-corrected chi connectivity index (χ1v) is 11.2. The van der Waals surface area contributed by atoms with E-state index in [0.29, 0.717) is 11.4 Å². The summed E-state index contributed by atoms with van der Waals surface area (Å²) in [7, 11) is 1.61. The van der Waals surface area contributed by atoms with Crippen LogP contribution in [-0.2, 0) is 14.4 Å². The van der Waals surface area contributed by atoms with Gasteiger partial charge in [0.1, 0.15) is 11.7 Å². The standard InChI is InChI=1S/C28H22N2O4/c1-33-21-16-14-20(15-17-21)30-25(19-9-3-2-4-10-19)24-26(34-30)28(32)29(27(24)31)23-13-7-11-18-8-5-6-12-22(18)23/h2-17,24-26H,1H3/t24-,25+,26-/m1/s1. The summed E-state index contributed by atoms with van der Waals surface area (Å²) in [4.78, 5) is 35.1. The second kappa shape index (κ2) is 8.01. The number of amides is 2. The number of benzene rings is 4.